The van der Waals surface area contributed by atoms with Crippen LogP contribution >= 0.6 is 15.9 Å². The summed E-state index contributed by atoms with van der Waals surface area (Å²) in [4.78, 5) is 11.9. The summed E-state index contributed by atoms with van der Waals surface area (Å²) in [6.07, 6.45) is 3.14. The minimum Gasteiger partial charge on any atom is -0.294 e. The van der Waals surface area contributed by atoms with E-state index in [1.54, 1.807) is 0 Å². The lowest BCUT2D eigenvalue weighted by atomic mass is 10.0. The van der Waals surface area contributed by atoms with E-state index in [2.05, 4.69) is 15.9 Å². The Morgan fingerprint density at radius 2 is 2.08 bits per heavy atom. The summed E-state index contributed by atoms with van der Waals surface area (Å²) in [5.41, 5.74) is 2.21. The lowest BCUT2D eigenvalue weighted by Crippen LogP contribution is -2.08. The molecule has 0 unspecified atom stereocenters. The summed E-state index contributed by atoms with van der Waals surface area (Å²) in [5.74, 6) is 0.379. The Morgan fingerprint density at radius 3 is 2.69 bits per heavy atom. The van der Waals surface area contributed by atoms with Gasteiger partial charge in [0.2, 0.25) is 0 Å². The Bertz CT molecular complexity index is 405. The normalized spacial score (nSPS) is 22.1. The van der Waals surface area contributed by atoms with Crippen molar-refractivity contribution >= 4 is 21.7 Å². The van der Waals surface area contributed by atoms with Gasteiger partial charge in [-0.1, -0.05) is 28.1 Å². The van der Waals surface area contributed by atoms with E-state index in [4.69, 9.17) is 0 Å². The number of carbonyl (C=O) groups excluding carboxylic acids is 1. The Labute approximate surface area is 85.3 Å². The monoisotopic (exact) mass is 236 g/mol. The van der Waals surface area contributed by atoms with Crippen LogP contribution in [0.25, 0.3) is 0 Å². The zero-order chi connectivity index (χ0) is 9.05. The molecule has 0 heterocycles. The van der Waals surface area contributed by atoms with Crippen LogP contribution in [0.15, 0.2) is 22.7 Å². The molecule has 0 saturated heterocycles. The molecule has 66 valence electrons. The number of carbonyl (C=O) groups is 1. The molecular weight excluding hydrogens is 228 g/mol. The lowest BCUT2D eigenvalue weighted by Gasteiger charge is -1.99. The second-order valence-electron chi connectivity index (χ2n) is 4.05. The Kier molecular flexibility index (Phi) is 1.33. The number of Topliss-reactive ketones (excluding diaryl/α,β-unsaturated/α-hetero) is 1. The lowest BCUT2D eigenvalue weighted by molar-refractivity contribution is 0.0919. The van der Waals surface area contributed by atoms with Gasteiger partial charge in [0, 0.05) is 15.5 Å². The van der Waals surface area contributed by atoms with Crippen molar-refractivity contribution in [2.75, 3.05) is 0 Å². The Morgan fingerprint density at radius 1 is 1.31 bits per heavy atom. The van der Waals surface area contributed by atoms with E-state index in [9.17, 15) is 4.79 Å². The predicted molar refractivity (Wildman–Crippen MR) is 53.8 cm³/mol. The van der Waals surface area contributed by atoms with Crippen molar-refractivity contribution in [3.05, 3.63) is 33.8 Å². The van der Waals surface area contributed by atoms with Crippen molar-refractivity contribution in [3.8, 4) is 0 Å². The van der Waals surface area contributed by atoms with Crippen LogP contribution < -0.4 is 0 Å². The number of halogens is 1. The first kappa shape index (κ1) is 7.74. The first-order valence-electron chi connectivity index (χ1n) is 4.55. The molecular formula is C11H9BrO. The standard InChI is InChI=1S/C11H9BrO/c12-9-3-1-2-7-8(9)6-11(4-5-11)10(7)13/h1-3H,4-6H2. The molecule has 0 aliphatic heterocycles. The molecule has 0 atom stereocenters. The number of benzene rings is 1. The van der Waals surface area contributed by atoms with Crippen molar-refractivity contribution < 1.29 is 4.79 Å². The average Bonchev–Trinajstić information content (AvgIpc) is 2.82. The molecule has 0 aromatic heterocycles. The van der Waals surface area contributed by atoms with Gasteiger partial charge in [0.1, 0.15) is 0 Å². The second-order valence-corrected chi connectivity index (χ2v) is 4.91. The van der Waals surface area contributed by atoms with E-state index >= 15 is 0 Å². The highest BCUT2D eigenvalue weighted by Gasteiger charge is 2.54. The van der Waals surface area contributed by atoms with Gasteiger partial charge in [-0.3, -0.25) is 4.79 Å². The maximum Gasteiger partial charge on any atom is 0.169 e. The number of hydrogen-bond donors (Lipinski definition) is 0. The molecule has 3 rings (SSSR count). The van der Waals surface area contributed by atoms with Crippen LogP contribution in [-0.2, 0) is 6.42 Å². The molecule has 1 spiro atoms. The van der Waals surface area contributed by atoms with Gasteiger partial charge in [-0.05, 0) is 30.9 Å². The molecule has 2 aliphatic rings. The van der Waals surface area contributed by atoms with Crippen LogP contribution in [0.1, 0.15) is 28.8 Å². The number of fused-ring (bicyclic) bond motifs is 1. The van der Waals surface area contributed by atoms with Crippen molar-refractivity contribution in [2.24, 2.45) is 5.41 Å². The topological polar surface area (TPSA) is 17.1 Å². The summed E-state index contributed by atoms with van der Waals surface area (Å²) < 4.78 is 1.10. The fourth-order valence-electron chi connectivity index (χ4n) is 2.21. The minimum absolute atomic E-state index is 0.0339. The predicted octanol–water partition coefficient (Wildman–Crippen LogP) is 2.97. The summed E-state index contributed by atoms with van der Waals surface area (Å²) in [6.45, 7) is 0. The summed E-state index contributed by atoms with van der Waals surface area (Å²) in [5, 5.41) is 0. The Balaban J connectivity index is 2.22. The van der Waals surface area contributed by atoms with Crippen LogP contribution in [0.5, 0.6) is 0 Å². The van der Waals surface area contributed by atoms with Crippen molar-refractivity contribution in [3.63, 3.8) is 0 Å². The van der Waals surface area contributed by atoms with Crippen LogP contribution in [0, 0.1) is 5.41 Å². The average molecular weight is 237 g/mol. The molecule has 1 nitrogen and oxygen atoms in total. The van der Waals surface area contributed by atoms with E-state index in [0.29, 0.717) is 5.78 Å². The molecule has 0 N–H and O–H groups in total. The Hall–Kier alpha value is -0.630. The summed E-state index contributed by atoms with van der Waals surface area (Å²) in [7, 11) is 0. The second kappa shape index (κ2) is 2.24. The highest BCUT2D eigenvalue weighted by molar-refractivity contribution is 9.10. The van der Waals surface area contributed by atoms with Gasteiger partial charge in [0.15, 0.2) is 5.78 Å². The van der Waals surface area contributed by atoms with Crippen LogP contribution in [0.4, 0.5) is 0 Å². The fraction of sp³-hybridized carbons (Fsp3) is 0.364. The van der Waals surface area contributed by atoms with Crippen molar-refractivity contribution in [1.82, 2.24) is 0 Å². The first-order valence-corrected chi connectivity index (χ1v) is 5.34. The van der Waals surface area contributed by atoms with E-state index in [0.717, 1.165) is 29.3 Å². The molecule has 0 radical (unpaired) electrons. The maximum atomic E-state index is 11.9. The molecule has 1 aromatic carbocycles. The van der Waals surface area contributed by atoms with Gasteiger partial charge >= 0.3 is 0 Å². The third-order valence-corrected chi connectivity index (χ3v) is 3.96. The van der Waals surface area contributed by atoms with E-state index in [1.165, 1.54) is 5.56 Å². The molecule has 0 amide bonds. The van der Waals surface area contributed by atoms with Gasteiger partial charge in [0.05, 0.1) is 0 Å². The number of rotatable bonds is 0. The molecule has 2 heteroatoms. The largest absolute Gasteiger partial charge is 0.294 e. The summed E-state index contributed by atoms with van der Waals surface area (Å²) in [6, 6.07) is 5.92. The van der Waals surface area contributed by atoms with E-state index in [1.807, 2.05) is 18.2 Å². The third-order valence-electron chi connectivity index (χ3n) is 3.21. The molecule has 0 bridgehead atoms. The van der Waals surface area contributed by atoms with Gasteiger partial charge in [-0.25, -0.2) is 0 Å². The molecule has 1 fully saturated rings. The highest BCUT2D eigenvalue weighted by Crippen LogP contribution is 2.56. The molecule has 13 heavy (non-hydrogen) atoms. The van der Waals surface area contributed by atoms with E-state index in [-0.39, 0.29) is 5.41 Å². The summed E-state index contributed by atoms with van der Waals surface area (Å²) >= 11 is 3.50. The fourth-order valence-corrected chi connectivity index (χ4v) is 2.72. The van der Waals surface area contributed by atoms with Crippen LogP contribution in [0.3, 0.4) is 0 Å². The molecule has 1 aromatic rings. The first-order chi connectivity index (χ1) is 6.23. The third kappa shape index (κ3) is 0.896. The zero-order valence-electron chi connectivity index (χ0n) is 7.14. The van der Waals surface area contributed by atoms with Crippen molar-refractivity contribution in [1.29, 1.82) is 0 Å². The van der Waals surface area contributed by atoms with Gasteiger partial charge in [-0.2, -0.15) is 0 Å². The highest BCUT2D eigenvalue weighted by atomic mass is 79.9. The van der Waals surface area contributed by atoms with Gasteiger partial charge in [0.25, 0.3) is 0 Å². The zero-order valence-corrected chi connectivity index (χ0v) is 8.73. The minimum atomic E-state index is 0.0339. The SMILES string of the molecule is O=C1c2cccc(Br)c2CC12CC2. The van der Waals surface area contributed by atoms with Gasteiger partial charge < -0.3 is 0 Å². The quantitative estimate of drug-likeness (QED) is 0.677. The van der Waals surface area contributed by atoms with Crippen LogP contribution in [-0.4, -0.2) is 5.78 Å². The van der Waals surface area contributed by atoms with Crippen molar-refractivity contribution in [2.45, 2.75) is 19.3 Å². The number of ketones is 1. The van der Waals surface area contributed by atoms with Crippen LogP contribution in [0.2, 0.25) is 0 Å². The maximum absolute atomic E-state index is 11.9. The van der Waals surface area contributed by atoms with Gasteiger partial charge in [-0.15, -0.1) is 0 Å². The van der Waals surface area contributed by atoms with E-state index < -0.39 is 0 Å². The molecule has 2 aliphatic carbocycles. The molecule has 1 saturated carbocycles. The number of hydrogen-bond acceptors (Lipinski definition) is 1. The smallest absolute Gasteiger partial charge is 0.169 e.